The van der Waals surface area contributed by atoms with E-state index in [4.69, 9.17) is 5.11 Å². The highest BCUT2D eigenvalue weighted by atomic mass is 19.4. The maximum atomic E-state index is 12.1. The summed E-state index contributed by atoms with van der Waals surface area (Å²) in [6.07, 6.45) is -4.94. The minimum absolute atomic E-state index is 0.109. The van der Waals surface area contributed by atoms with Crippen LogP contribution in [0.4, 0.5) is 18.9 Å². The van der Waals surface area contributed by atoms with Gasteiger partial charge in [0.1, 0.15) is 0 Å². The Bertz CT molecular complexity index is 530. The number of aryl methyl sites for hydroxylation is 1. The summed E-state index contributed by atoms with van der Waals surface area (Å²) in [5.41, 5.74) is 0.803. The SMILES string of the molecule is C[C@H](CCO)NC(=O)C(=O)Nc1ccc(CCC(F)(F)F)cc1. The van der Waals surface area contributed by atoms with Gasteiger partial charge >= 0.3 is 18.0 Å². The van der Waals surface area contributed by atoms with E-state index in [9.17, 15) is 22.8 Å². The second-order valence-corrected chi connectivity index (χ2v) is 5.15. The number of carbonyl (C=O) groups excluding carboxylic acids is 2. The van der Waals surface area contributed by atoms with Gasteiger partial charge in [0.05, 0.1) is 0 Å². The fraction of sp³-hybridized carbons (Fsp3) is 0.467. The van der Waals surface area contributed by atoms with E-state index >= 15 is 0 Å². The lowest BCUT2D eigenvalue weighted by Gasteiger charge is -2.12. The van der Waals surface area contributed by atoms with Crippen LogP contribution < -0.4 is 10.6 Å². The number of hydrogen-bond acceptors (Lipinski definition) is 3. The molecule has 0 aliphatic carbocycles. The Morgan fingerprint density at radius 2 is 1.78 bits per heavy atom. The van der Waals surface area contributed by atoms with E-state index < -0.39 is 24.4 Å². The molecule has 3 N–H and O–H groups in total. The van der Waals surface area contributed by atoms with Crippen molar-refractivity contribution >= 4 is 17.5 Å². The number of aliphatic hydroxyl groups excluding tert-OH is 1. The molecule has 128 valence electrons. The zero-order valence-corrected chi connectivity index (χ0v) is 12.6. The zero-order valence-electron chi connectivity index (χ0n) is 12.6. The highest BCUT2D eigenvalue weighted by Gasteiger charge is 2.26. The molecule has 23 heavy (non-hydrogen) atoms. The lowest BCUT2D eigenvalue weighted by atomic mass is 10.1. The number of nitrogens with one attached hydrogen (secondary N) is 2. The Kier molecular flexibility index (Phi) is 7.02. The summed E-state index contributed by atoms with van der Waals surface area (Å²) in [7, 11) is 0. The molecule has 1 atom stereocenters. The number of alkyl halides is 3. The molecule has 0 heterocycles. The highest BCUT2D eigenvalue weighted by Crippen LogP contribution is 2.22. The van der Waals surface area contributed by atoms with Gasteiger partial charge in [-0.3, -0.25) is 9.59 Å². The standard InChI is InChI=1S/C15H19F3N2O3/c1-10(7-9-21)19-13(22)14(23)20-12-4-2-11(3-5-12)6-8-15(16,17)18/h2-5,10,21H,6-9H2,1H3,(H,19,22)(H,20,23)/t10-/m1/s1. The van der Waals surface area contributed by atoms with Crippen molar-refractivity contribution in [2.75, 3.05) is 11.9 Å². The molecule has 8 heteroatoms. The van der Waals surface area contributed by atoms with Crippen LogP contribution in [0.25, 0.3) is 0 Å². The second kappa shape index (κ2) is 8.52. The van der Waals surface area contributed by atoms with E-state index in [2.05, 4.69) is 10.6 Å². The molecule has 2 amide bonds. The van der Waals surface area contributed by atoms with Gasteiger partial charge in [-0.15, -0.1) is 0 Å². The molecule has 1 rings (SSSR count). The molecule has 5 nitrogen and oxygen atoms in total. The first-order valence-electron chi connectivity index (χ1n) is 7.09. The van der Waals surface area contributed by atoms with Crippen LogP contribution >= 0.6 is 0 Å². The first-order valence-corrected chi connectivity index (χ1v) is 7.09. The van der Waals surface area contributed by atoms with E-state index in [0.717, 1.165) is 0 Å². The van der Waals surface area contributed by atoms with Crippen LogP contribution in [-0.2, 0) is 16.0 Å². The monoisotopic (exact) mass is 332 g/mol. The van der Waals surface area contributed by atoms with E-state index in [1.807, 2.05) is 0 Å². The van der Waals surface area contributed by atoms with Gasteiger partial charge in [-0.2, -0.15) is 13.2 Å². The van der Waals surface area contributed by atoms with E-state index in [0.29, 0.717) is 17.7 Å². The van der Waals surface area contributed by atoms with E-state index in [-0.39, 0.29) is 19.1 Å². The van der Waals surface area contributed by atoms with Crippen LogP contribution in [0, 0.1) is 0 Å². The van der Waals surface area contributed by atoms with Gasteiger partial charge in [-0.25, -0.2) is 0 Å². The number of aliphatic hydroxyl groups is 1. The summed E-state index contributed by atoms with van der Waals surface area (Å²) >= 11 is 0. The summed E-state index contributed by atoms with van der Waals surface area (Å²) in [5, 5.41) is 13.5. The fourth-order valence-corrected chi connectivity index (χ4v) is 1.78. The lowest BCUT2D eigenvalue weighted by Crippen LogP contribution is -2.40. The molecule has 0 aliphatic heterocycles. The normalized spacial score (nSPS) is 12.6. The molecule has 0 aliphatic rings. The van der Waals surface area contributed by atoms with Crippen LogP contribution in [0.1, 0.15) is 25.3 Å². The van der Waals surface area contributed by atoms with E-state index in [1.54, 1.807) is 6.92 Å². The molecule has 0 radical (unpaired) electrons. The third-order valence-corrected chi connectivity index (χ3v) is 3.05. The Morgan fingerprint density at radius 3 is 2.30 bits per heavy atom. The molecule has 0 unspecified atom stereocenters. The average molecular weight is 332 g/mol. The van der Waals surface area contributed by atoms with Crippen LogP contribution in [0.2, 0.25) is 0 Å². The molecule has 0 bridgehead atoms. The van der Waals surface area contributed by atoms with Gasteiger partial charge in [0.15, 0.2) is 0 Å². The van der Waals surface area contributed by atoms with Crippen LogP contribution in [0.3, 0.4) is 0 Å². The molecule has 1 aromatic rings. The summed E-state index contributed by atoms with van der Waals surface area (Å²) in [6.45, 7) is 1.54. The minimum Gasteiger partial charge on any atom is -0.396 e. The number of anilines is 1. The number of rotatable bonds is 6. The number of hydrogen-bond donors (Lipinski definition) is 3. The first-order chi connectivity index (χ1) is 10.7. The maximum Gasteiger partial charge on any atom is 0.389 e. The Labute approximate surface area is 131 Å². The number of halogens is 3. The quantitative estimate of drug-likeness (QED) is 0.697. The van der Waals surface area contributed by atoms with Crippen LogP contribution in [0.5, 0.6) is 0 Å². The molecular weight excluding hydrogens is 313 g/mol. The zero-order chi connectivity index (χ0) is 17.5. The fourth-order valence-electron chi connectivity index (χ4n) is 1.78. The van der Waals surface area contributed by atoms with Gasteiger partial charge in [-0.05, 0) is 37.5 Å². The van der Waals surface area contributed by atoms with Crippen molar-refractivity contribution in [2.45, 2.75) is 38.4 Å². The number of amides is 2. The van der Waals surface area contributed by atoms with Crippen molar-refractivity contribution < 1.29 is 27.9 Å². The second-order valence-electron chi connectivity index (χ2n) is 5.15. The molecule has 0 spiro atoms. The van der Waals surface area contributed by atoms with Crippen molar-refractivity contribution in [3.8, 4) is 0 Å². The third kappa shape index (κ3) is 7.64. The largest absolute Gasteiger partial charge is 0.396 e. The maximum absolute atomic E-state index is 12.1. The van der Waals surface area contributed by atoms with Gasteiger partial charge in [0.2, 0.25) is 0 Å². The molecule has 1 aromatic carbocycles. The van der Waals surface area contributed by atoms with Crippen molar-refractivity contribution in [3.63, 3.8) is 0 Å². The van der Waals surface area contributed by atoms with Gasteiger partial charge in [0.25, 0.3) is 0 Å². The number of carbonyl (C=O) groups is 2. The average Bonchev–Trinajstić information content (AvgIpc) is 2.45. The Balaban J connectivity index is 2.51. The number of benzene rings is 1. The van der Waals surface area contributed by atoms with Gasteiger partial charge < -0.3 is 15.7 Å². The smallest absolute Gasteiger partial charge is 0.389 e. The van der Waals surface area contributed by atoms with Crippen LogP contribution in [-0.4, -0.2) is 35.7 Å². The first kappa shape index (κ1) is 19.0. The summed E-state index contributed by atoms with van der Waals surface area (Å²) in [4.78, 5) is 23.2. The Hall–Kier alpha value is -2.09. The lowest BCUT2D eigenvalue weighted by molar-refractivity contribution is -0.136. The summed E-state index contributed by atoms with van der Waals surface area (Å²) in [6, 6.07) is 5.46. The molecule has 0 fully saturated rings. The van der Waals surface area contributed by atoms with Crippen molar-refractivity contribution in [3.05, 3.63) is 29.8 Å². The molecule has 0 aromatic heterocycles. The topological polar surface area (TPSA) is 78.4 Å². The molecule has 0 saturated carbocycles. The van der Waals surface area contributed by atoms with Crippen LogP contribution in [0.15, 0.2) is 24.3 Å². The van der Waals surface area contributed by atoms with E-state index in [1.165, 1.54) is 24.3 Å². The minimum atomic E-state index is -4.21. The third-order valence-electron chi connectivity index (χ3n) is 3.05. The highest BCUT2D eigenvalue weighted by molar-refractivity contribution is 6.39. The Morgan fingerprint density at radius 1 is 1.17 bits per heavy atom. The van der Waals surface area contributed by atoms with Crippen molar-refractivity contribution in [1.82, 2.24) is 5.32 Å². The predicted molar refractivity (Wildman–Crippen MR) is 78.8 cm³/mol. The predicted octanol–water partition coefficient (Wildman–Crippen LogP) is 2.01. The van der Waals surface area contributed by atoms with Gasteiger partial charge in [-0.1, -0.05) is 12.1 Å². The molecular formula is C15H19F3N2O3. The van der Waals surface area contributed by atoms with Crippen molar-refractivity contribution in [2.24, 2.45) is 0 Å². The summed E-state index contributed by atoms with van der Waals surface area (Å²) in [5.74, 6) is -1.72. The summed E-state index contributed by atoms with van der Waals surface area (Å²) < 4.78 is 36.4. The van der Waals surface area contributed by atoms with Crippen molar-refractivity contribution in [1.29, 1.82) is 0 Å². The molecule has 0 saturated heterocycles. The van der Waals surface area contributed by atoms with Gasteiger partial charge in [0, 0.05) is 24.8 Å².